The maximum atomic E-state index is 10.9. The Morgan fingerprint density at radius 3 is 2.40 bits per heavy atom. The molecule has 0 saturated carbocycles. The molecule has 5 heteroatoms. The Balaban J connectivity index is 2.15. The van der Waals surface area contributed by atoms with Gasteiger partial charge in [0.15, 0.2) is 5.75 Å². The van der Waals surface area contributed by atoms with E-state index in [1.54, 1.807) is 31.2 Å². The normalized spacial score (nSPS) is 13.5. The summed E-state index contributed by atoms with van der Waals surface area (Å²) in [7, 11) is 0. The Morgan fingerprint density at radius 2 is 1.75 bits per heavy atom. The lowest BCUT2D eigenvalue weighted by Crippen LogP contribution is -2.29. The van der Waals surface area contributed by atoms with E-state index in [4.69, 9.17) is 4.74 Å². The summed E-state index contributed by atoms with van der Waals surface area (Å²) >= 11 is 0. The van der Waals surface area contributed by atoms with E-state index in [2.05, 4.69) is 0 Å². The van der Waals surface area contributed by atoms with Crippen LogP contribution in [0.1, 0.15) is 12.5 Å². The van der Waals surface area contributed by atoms with Crippen molar-refractivity contribution in [3.05, 3.63) is 70.3 Å². The summed E-state index contributed by atoms with van der Waals surface area (Å²) in [6, 6.07) is 15.1. The molecule has 0 spiro atoms. The lowest BCUT2D eigenvalue weighted by molar-refractivity contribution is -0.386. The third kappa shape index (κ3) is 3.13. The van der Waals surface area contributed by atoms with Gasteiger partial charge >= 0.3 is 5.69 Å². The minimum absolute atomic E-state index is 0.0676. The van der Waals surface area contributed by atoms with Crippen molar-refractivity contribution < 1.29 is 14.8 Å². The van der Waals surface area contributed by atoms with Crippen molar-refractivity contribution >= 4 is 5.69 Å². The molecular weight excluding hydrogens is 258 g/mol. The number of hydrogen-bond donors (Lipinski definition) is 1. The van der Waals surface area contributed by atoms with Crippen molar-refractivity contribution in [3.63, 3.8) is 0 Å². The zero-order valence-electron chi connectivity index (χ0n) is 11.0. The third-order valence-corrected chi connectivity index (χ3v) is 2.97. The van der Waals surface area contributed by atoms with Crippen LogP contribution in [0.5, 0.6) is 5.75 Å². The van der Waals surface area contributed by atoms with Crippen molar-refractivity contribution in [1.82, 2.24) is 0 Å². The molecule has 104 valence electrons. The molecule has 1 atom stereocenters. The Bertz CT molecular complexity index is 596. The summed E-state index contributed by atoms with van der Waals surface area (Å²) in [6.45, 7) is 1.54. The fourth-order valence-corrected chi connectivity index (χ4v) is 1.83. The minimum Gasteiger partial charge on any atom is -0.483 e. The topological polar surface area (TPSA) is 72.6 Å². The number of nitrogens with zero attached hydrogens (tertiary/aromatic N) is 1. The first-order valence-corrected chi connectivity index (χ1v) is 6.15. The fraction of sp³-hybridized carbons (Fsp3) is 0.200. The average molecular weight is 273 g/mol. The van der Waals surface area contributed by atoms with Crippen LogP contribution in [0.4, 0.5) is 5.69 Å². The quantitative estimate of drug-likeness (QED) is 0.671. The highest BCUT2D eigenvalue weighted by atomic mass is 16.6. The lowest BCUT2D eigenvalue weighted by Gasteiger charge is -2.23. The van der Waals surface area contributed by atoms with Gasteiger partial charge in [-0.15, -0.1) is 0 Å². The van der Waals surface area contributed by atoms with Gasteiger partial charge in [0.1, 0.15) is 12.2 Å². The number of nitro benzene ring substituents is 1. The second kappa shape index (κ2) is 5.71. The van der Waals surface area contributed by atoms with Crippen LogP contribution in [-0.4, -0.2) is 16.6 Å². The van der Waals surface area contributed by atoms with Gasteiger partial charge in [-0.05, 0) is 18.6 Å². The Labute approximate surface area is 116 Å². The van der Waals surface area contributed by atoms with Crippen LogP contribution >= 0.6 is 0 Å². The highest BCUT2D eigenvalue weighted by molar-refractivity contribution is 5.45. The predicted octanol–water partition coefficient (Wildman–Crippen LogP) is 2.88. The summed E-state index contributed by atoms with van der Waals surface area (Å²) in [5.74, 6) is 0.147. The summed E-state index contributed by atoms with van der Waals surface area (Å²) in [5.41, 5.74) is -0.639. The Morgan fingerprint density at radius 1 is 1.15 bits per heavy atom. The van der Waals surface area contributed by atoms with Gasteiger partial charge in [-0.1, -0.05) is 42.5 Å². The van der Waals surface area contributed by atoms with Crippen LogP contribution in [0.25, 0.3) is 0 Å². The highest BCUT2D eigenvalue weighted by Crippen LogP contribution is 2.28. The van der Waals surface area contributed by atoms with Crippen molar-refractivity contribution in [2.75, 3.05) is 6.61 Å². The molecule has 1 N–H and O–H groups in total. The standard InChI is InChI=1S/C15H15NO4/c1-15(17,12-7-3-2-4-8-12)11-20-14-10-6-5-9-13(14)16(18)19/h2-10,17H,11H2,1H3. The zero-order valence-corrected chi connectivity index (χ0v) is 11.0. The summed E-state index contributed by atoms with van der Waals surface area (Å²) in [4.78, 5) is 10.4. The van der Waals surface area contributed by atoms with Crippen molar-refractivity contribution in [1.29, 1.82) is 0 Å². The van der Waals surface area contributed by atoms with Gasteiger partial charge in [0.2, 0.25) is 0 Å². The maximum Gasteiger partial charge on any atom is 0.310 e. The van der Waals surface area contributed by atoms with Crippen molar-refractivity contribution in [2.45, 2.75) is 12.5 Å². The highest BCUT2D eigenvalue weighted by Gasteiger charge is 2.25. The molecule has 20 heavy (non-hydrogen) atoms. The first kappa shape index (κ1) is 14.0. The van der Waals surface area contributed by atoms with Gasteiger partial charge in [0, 0.05) is 6.07 Å². The largest absolute Gasteiger partial charge is 0.483 e. The molecule has 0 aliphatic carbocycles. The number of para-hydroxylation sites is 2. The van der Waals surface area contributed by atoms with E-state index < -0.39 is 10.5 Å². The van der Waals surface area contributed by atoms with Gasteiger partial charge in [0.25, 0.3) is 0 Å². The molecule has 0 saturated heterocycles. The molecule has 0 aliphatic rings. The molecule has 0 bridgehead atoms. The molecule has 0 amide bonds. The van der Waals surface area contributed by atoms with E-state index in [0.717, 1.165) is 0 Å². The SMILES string of the molecule is CC(O)(COc1ccccc1[N+](=O)[O-])c1ccccc1. The van der Waals surface area contributed by atoms with E-state index in [1.165, 1.54) is 12.1 Å². The molecule has 2 rings (SSSR count). The molecule has 0 radical (unpaired) electrons. The Kier molecular flexibility index (Phi) is 4.00. The van der Waals surface area contributed by atoms with Gasteiger partial charge in [-0.3, -0.25) is 10.1 Å². The van der Waals surface area contributed by atoms with E-state index in [0.29, 0.717) is 5.56 Å². The average Bonchev–Trinajstić information content (AvgIpc) is 2.46. The molecule has 1 unspecified atom stereocenters. The van der Waals surface area contributed by atoms with Crippen LogP contribution < -0.4 is 4.74 Å². The van der Waals surface area contributed by atoms with Crippen LogP contribution in [0, 0.1) is 10.1 Å². The van der Waals surface area contributed by atoms with Gasteiger partial charge in [0.05, 0.1) is 4.92 Å². The first-order valence-electron chi connectivity index (χ1n) is 6.15. The van der Waals surface area contributed by atoms with E-state index >= 15 is 0 Å². The monoisotopic (exact) mass is 273 g/mol. The molecule has 2 aromatic rings. The minimum atomic E-state index is -1.22. The van der Waals surface area contributed by atoms with Gasteiger partial charge < -0.3 is 9.84 Å². The number of aliphatic hydroxyl groups is 1. The summed E-state index contributed by atoms with van der Waals surface area (Å²) in [5, 5.41) is 21.3. The number of rotatable bonds is 5. The Hall–Kier alpha value is -2.40. The van der Waals surface area contributed by atoms with Gasteiger partial charge in [-0.2, -0.15) is 0 Å². The van der Waals surface area contributed by atoms with E-state index in [9.17, 15) is 15.2 Å². The molecule has 0 heterocycles. The number of benzene rings is 2. The van der Waals surface area contributed by atoms with Crippen LogP contribution in [0.3, 0.4) is 0 Å². The molecule has 0 fully saturated rings. The predicted molar refractivity (Wildman–Crippen MR) is 74.6 cm³/mol. The molecule has 5 nitrogen and oxygen atoms in total. The summed E-state index contributed by atoms with van der Waals surface area (Å²) in [6.07, 6.45) is 0. The second-order valence-corrected chi connectivity index (χ2v) is 4.65. The number of ether oxygens (including phenoxy) is 1. The first-order chi connectivity index (χ1) is 9.50. The molecular formula is C15H15NO4. The number of hydrogen-bond acceptors (Lipinski definition) is 4. The number of nitro groups is 1. The van der Waals surface area contributed by atoms with Crippen LogP contribution in [-0.2, 0) is 5.60 Å². The molecule has 2 aromatic carbocycles. The smallest absolute Gasteiger partial charge is 0.310 e. The lowest BCUT2D eigenvalue weighted by atomic mass is 9.97. The van der Waals surface area contributed by atoms with Crippen LogP contribution in [0.2, 0.25) is 0 Å². The van der Waals surface area contributed by atoms with Crippen molar-refractivity contribution in [2.24, 2.45) is 0 Å². The fourth-order valence-electron chi connectivity index (χ4n) is 1.83. The van der Waals surface area contributed by atoms with E-state index in [1.807, 2.05) is 18.2 Å². The summed E-state index contributed by atoms with van der Waals surface area (Å²) < 4.78 is 5.43. The van der Waals surface area contributed by atoms with E-state index in [-0.39, 0.29) is 18.0 Å². The van der Waals surface area contributed by atoms with Gasteiger partial charge in [-0.25, -0.2) is 0 Å². The third-order valence-electron chi connectivity index (χ3n) is 2.97. The zero-order chi connectivity index (χ0) is 14.6. The van der Waals surface area contributed by atoms with Crippen LogP contribution in [0.15, 0.2) is 54.6 Å². The second-order valence-electron chi connectivity index (χ2n) is 4.65. The van der Waals surface area contributed by atoms with Crippen molar-refractivity contribution in [3.8, 4) is 5.75 Å². The maximum absolute atomic E-state index is 10.9. The molecule has 0 aliphatic heterocycles. The molecule has 0 aromatic heterocycles.